The number of hydrogen-bond donors (Lipinski definition) is 1. The smallest absolute Gasteiger partial charge is 0.407 e. The third kappa shape index (κ3) is 4.59. The number of benzene rings is 1. The van der Waals surface area contributed by atoms with Gasteiger partial charge in [-0.25, -0.2) is 14.0 Å². The molecular formula is C17H22FNO5. The summed E-state index contributed by atoms with van der Waals surface area (Å²) in [7, 11) is 1.19. The molecule has 1 saturated heterocycles. The van der Waals surface area contributed by atoms with Crippen molar-refractivity contribution < 1.29 is 28.6 Å². The third-order valence-corrected chi connectivity index (χ3v) is 4.17. The average molecular weight is 339 g/mol. The molecule has 0 saturated carbocycles. The number of esters is 1. The zero-order valence-electron chi connectivity index (χ0n) is 13.7. The first kappa shape index (κ1) is 18.0. The Hall–Kier alpha value is -2.31. The van der Waals surface area contributed by atoms with E-state index in [2.05, 4.69) is 4.74 Å². The maximum absolute atomic E-state index is 13.8. The van der Waals surface area contributed by atoms with Gasteiger partial charge in [0.2, 0.25) is 0 Å². The van der Waals surface area contributed by atoms with Gasteiger partial charge in [-0.15, -0.1) is 0 Å². The SMILES string of the molecule is COC(=O)c1ccc(OCCCC2CCCCN2C(=O)O)cc1F. The van der Waals surface area contributed by atoms with Gasteiger partial charge in [-0.1, -0.05) is 0 Å². The van der Waals surface area contributed by atoms with E-state index in [0.29, 0.717) is 25.3 Å². The number of ether oxygens (including phenoxy) is 2. The Morgan fingerprint density at radius 3 is 2.83 bits per heavy atom. The van der Waals surface area contributed by atoms with Crippen LogP contribution in [0.2, 0.25) is 0 Å². The molecule has 0 aromatic heterocycles. The molecule has 2 rings (SSSR count). The first-order valence-corrected chi connectivity index (χ1v) is 8.03. The molecule has 24 heavy (non-hydrogen) atoms. The molecule has 0 aliphatic carbocycles. The van der Waals surface area contributed by atoms with Crippen molar-refractivity contribution in [1.29, 1.82) is 0 Å². The highest BCUT2D eigenvalue weighted by atomic mass is 19.1. The van der Waals surface area contributed by atoms with Gasteiger partial charge in [-0.3, -0.25) is 0 Å². The van der Waals surface area contributed by atoms with Gasteiger partial charge in [-0.05, 0) is 44.2 Å². The van der Waals surface area contributed by atoms with E-state index in [1.807, 2.05) is 0 Å². The molecule has 6 nitrogen and oxygen atoms in total. The fourth-order valence-corrected chi connectivity index (χ4v) is 2.92. The minimum Gasteiger partial charge on any atom is -0.493 e. The van der Waals surface area contributed by atoms with Crippen LogP contribution in [0.4, 0.5) is 9.18 Å². The summed E-state index contributed by atoms with van der Waals surface area (Å²) in [5.41, 5.74) is -0.135. The van der Waals surface area contributed by atoms with E-state index in [0.717, 1.165) is 31.7 Å². The van der Waals surface area contributed by atoms with Gasteiger partial charge in [-0.2, -0.15) is 0 Å². The Labute approximate surface area is 140 Å². The summed E-state index contributed by atoms with van der Waals surface area (Å²) in [4.78, 5) is 24.0. The molecule has 1 atom stereocenters. The fraction of sp³-hybridized carbons (Fsp3) is 0.529. The topological polar surface area (TPSA) is 76.1 Å². The maximum atomic E-state index is 13.8. The summed E-state index contributed by atoms with van der Waals surface area (Å²) in [5.74, 6) is -1.09. The minimum absolute atomic E-state index is 0.0262. The second-order valence-corrected chi connectivity index (χ2v) is 5.75. The van der Waals surface area contributed by atoms with Gasteiger partial charge in [0.15, 0.2) is 0 Å². The Morgan fingerprint density at radius 1 is 1.38 bits per heavy atom. The number of carbonyl (C=O) groups is 2. The molecular weight excluding hydrogens is 317 g/mol. The van der Waals surface area contributed by atoms with Crippen LogP contribution in [0, 0.1) is 5.82 Å². The van der Waals surface area contributed by atoms with E-state index in [1.165, 1.54) is 24.1 Å². The lowest BCUT2D eigenvalue weighted by atomic mass is 9.99. The summed E-state index contributed by atoms with van der Waals surface area (Å²) in [6.07, 6.45) is 3.33. The second kappa shape index (κ2) is 8.52. The van der Waals surface area contributed by atoms with Crippen molar-refractivity contribution in [2.45, 2.75) is 38.1 Å². The number of carbonyl (C=O) groups excluding carboxylic acids is 1. The van der Waals surface area contributed by atoms with Crippen molar-refractivity contribution in [2.75, 3.05) is 20.3 Å². The number of amides is 1. The Balaban J connectivity index is 1.80. The van der Waals surface area contributed by atoms with Crippen molar-refractivity contribution in [3.05, 3.63) is 29.6 Å². The van der Waals surface area contributed by atoms with Crippen molar-refractivity contribution >= 4 is 12.1 Å². The van der Waals surface area contributed by atoms with Gasteiger partial charge >= 0.3 is 12.1 Å². The monoisotopic (exact) mass is 339 g/mol. The lowest BCUT2D eigenvalue weighted by Crippen LogP contribution is -2.43. The van der Waals surface area contributed by atoms with Crippen LogP contribution in [0.15, 0.2) is 18.2 Å². The second-order valence-electron chi connectivity index (χ2n) is 5.75. The van der Waals surface area contributed by atoms with Crippen LogP contribution in [0.1, 0.15) is 42.5 Å². The highest BCUT2D eigenvalue weighted by Gasteiger charge is 2.25. The molecule has 1 amide bonds. The fourth-order valence-electron chi connectivity index (χ4n) is 2.92. The highest BCUT2D eigenvalue weighted by molar-refractivity contribution is 5.89. The largest absolute Gasteiger partial charge is 0.493 e. The van der Waals surface area contributed by atoms with Gasteiger partial charge in [0.1, 0.15) is 11.6 Å². The number of methoxy groups -OCH3 is 1. The molecule has 1 aromatic rings. The predicted molar refractivity (Wildman–Crippen MR) is 84.8 cm³/mol. The van der Waals surface area contributed by atoms with Crippen molar-refractivity contribution in [2.24, 2.45) is 0 Å². The highest BCUT2D eigenvalue weighted by Crippen LogP contribution is 2.22. The molecule has 1 aromatic carbocycles. The lowest BCUT2D eigenvalue weighted by molar-refractivity contribution is 0.0595. The molecule has 1 N–H and O–H groups in total. The molecule has 0 spiro atoms. The zero-order chi connectivity index (χ0) is 17.5. The van der Waals surface area contributed by atoms with Crippen LogP contribution in [-0.2, 0) is 4.74 Å². The molecule has 132 valence electrons. The van der Waals surface area contributed by atoms with E-state index in [4.69, 9.17) is 4.74 Å². The summed E-state index contributed by atoms with van der Waals surface area (Å²) in [6.45, 7) is 0.946. The number of likely N-dealkylation sites (tertiary alicyclic amines) is 1. The summed E-state index contributed by atoms with van der Waals surface area (Å²) in [6, 6.07) is 4.01. The lowest BCUT2D eigenvalue weighted by Gasteiger charge is -2.33. The van der Waals surface area contributed by atoms with Crippen molar-refractivity contribution in [1.82, 2.24) is 4.90 Å². The Bertz CT molecular complexity index is 592. The molecule has 0 bridgehead atoms. The molecule has 7 heteroatoms. The Kier molecular flexibility index (Phi) is 6.40. The number of nitrogens with zero attached hydrogens (tertiary/aromatic N) is 1. The number of carboxylic acid groups (broad SMARTS) is 1. The van der Waals surface area contributed by atoms with Gasteiger partial charge in [0.25, 0.3) is 0 Å². The van der Waals surface area contributed by atoms with Crippen LogP contribution >= 0.6 is 0 Å². The number of halogens is 1. The molecule has 0 radical (unpaired) electrons. The van der Waals surface area contributed by atoms with Crippen LogP contribution in [0.3, 0.4) is 0 Å². The van der Waals surface area contributed by atoms with E-state index >= 15 is 0 Å². The molecule has 1 aliphatic heterocycles. The molecule has 1 unspecified atom stereocenters. The van der Waals surface area contributed by atoms with Crippen LogP contribution < -0.4 is 4.74 Å². The average Bonchev–Trinajstić information content (AvgIpc) is 2.58. The molecule has 1 fully saturated rings. The van der Waals surface area contributed by atoms with Crippen LogP contribution in [0.5, 0.6) is 5.75 Å². The van der Waals surface area contributed by atoms with E-state index in [-0.39, 0.29) is 11.6 Å². The Morgan fingerprint density at radius 2 is 2.17 bits per heavy atom. The van der Waals surface area contributed by atoms with Gasteiger partial charge in [0, 0.05) is 18.7 Å². The molecule has 1 aliphatic rings. The first-order valence-electron chi connectivity index (χ1n) is 8.03. The van der Waals surface area contributed by atoms with Gasteiger partial charge < -0.3 is 19.5 Å². The van der Waals surface area contributed by atoms with Crippen LogP contribution in [-0.4, -0.2) is 48.4 Å². The first-order chi connectivity index (χ1) is 11.5. The zero-order valence-corrected chi connectivity index (χ0v) is 13.7. The quantitative estimate of drug-likeness (QED) is 0.636. The van der Waals surface area contributed by atoms with E-state index in [9.17, 15) is 19.1 Å². The number of piperidine rings is 1. The minimum atomic E-state index is -0.874. The molecule has 1 heterocycles. The predicted octanol–water partition coefficient (Wildman–Crippen LogP) is 3.30. The summed E-state index contributed by atoms with van der Waals surface area (Å²) < 4.78 is 23.7. The number of rotatable bonds is 6. The van der Waals surface area contributed by atoms with Crippen molar-refractivity contribution in [3.8, 4) is 5.75 Å². The van der Waals surface area contributed by atoms with E-state index < -0.39 is 17.9 Å². The van der Waals surface area contributed by atoms with Crippen LogP contribution in [0.25, 0.3) is 0 Å². The third-order valence-electron chi connectivity index (χ3n) is 4.17. The number of hydrogen-bond acceptors (Lipinski definition) is 4. The van der Waals surface area contributed by atoms with Crippen molar-refractivity contribution in [3.63, 3.8) is 0 Å². The standard InChI is InChI=1S/C17H22FNO5/c1-23-16(20)14-8-7-13(11-15(14)18)24-10-4-6-12-5-2-3-9-19(12)17(21)22/h7-8,11-12H,2-6,9-10H2,1H3,(H,21,22). The normalized spacial score (nSPS) is 17.4. The summed E-state index contributed by atoms with van der Waals surface area (Å²) in [5, 5.41) is 9.18. The van der Waals surface area contributed by atoms with Gasteiger partial charge in [0.05, 0.1) is 19.3 Å². The maximum Gasteiger partial charge on any atom is 0.407 e. The van der Waals surface area contributed by atoms with E-state index in [1.54, 1.807) is 0 Å². The summed E-state index contributed by atoms with van der Waals surface area (Å²) >= 11 is 0.